The lowest BCUT2D eigenvalue weighted by atomic mass is 10.0. The van der Waals surface area contributed by atoms with E-state index in [2.05, 4.69) is 47.2 Å². The molecule has 2 heterocycles. The predicted molar refractivity (Wildman–Crippen MR) is 114 cm³/mol. The topological polar surface area (TPSA) is 48.5 Å². The van der Waals surface area contributed by atoms with Crippen LogP contribution in [0.25, 0.3) is 0 Å². The number of aromatic nitrogens is 1. The molecule has 148 valence electrons. The number of benzene rings is 1. The molecule has 2 aromatic rings. The van der Waals surface area contributed by atoms with Gasteiger partial charge < -0.3 is 15.1 Å². The highest BCUT2D eigenvalue weighted by molar-refractivity contribution is 5.90. The quantitative estimate of drug-likeness (QED) is 0.799. The maximum absolute atomic E-state index is 13.0. The van der Waals surface area contributed by atoms with E-state index in [1.807, 2.05) is 23.1 Å². The van der Waals surface area contributed by atoms with Gasteiger partial charge in [-0.15, -0.1) is 0 Å². The number of aryl methyl sites for hydroxylation is 1. The van der Waals surface area contributed by atoms with Crippen LogP contribution in [0.5, 0.6) is 0 Å². The second-order valence-electron chi connectivity index (χ2n) is 8.15. The van der Waals surface area contributed by atoms with Gasteiger partial charge in [0.2, 0.25) is 0 Å². The minimum atomic E-state index is -0.0321. The van der Waals surface area contributed by atoms with E-state index in [4.69, 9.17) is 0 Å². The molecule has 1 aromatic heterocycles. The first-order valence-electron chi connectivity index (χ1n) is 10.5. The van der Waals surface area contributed by atoms with E-state index in [0.717, 1.165) is 36.3 Å². The second-order valence-corrected chi connectivity index (χ2v) is 8.15. The number of carbonyl (C=O) groups excluding carboxylic acids is 1. The van der Waals surface area contributed by atoms with Crippen LogP contribution in [0.4, 0.5) is 16.2 Å². The molecule has 1 N–H and O–H groups in total. The highest BCUT2D eigenvalue weighted by Crippen LogP contribution is 2.31. The largest absolute Gasteiger partial charge is 0.369 e. The van der Waals surface area contributed by atoms with Crippen molar-refractivity contribution >= 4 is 17.4 Å². The van der Waals surface area contributed by atoms with E-state index in [9.17, 15) is 4.79 Å². The summed E-state index contributed by atoms with van der Waals surface area (Å²) in [5.74, 6) is 0. The normalized spacial score (nSPS) is 19.4. The predicted octanol–water partition coefficient (Wildman–Crippen LogP) is 4.97. The lowest BCUT2D eigenvalue weighted by Crippen LogP contribution is -2.37. The molecule has 0 radical (unpaired) electrons. The monoisotopic (exact) mass is 378 g/mol. The smallest absolute Gasteiger partial charge is 0.322 e. The van der Waals surface area contributed by atoms with Crippen LogP contribution in [0.1, 0.15) is 50.3 Å². The molecule has 2 aliphatic rings. The first kappa shape index (κ1) is 18.8. The average Bonchev–Trinajstić information content (AvgIpc) is 3.54. The van der Waals surface area contributed by atoms with E-state index in [0.29, 0.717) is 18.6 Å². The van der Waals surface area contributed by atoms with Crippen molar-refractivity contribution in [3.05, 3.63) is 53.9 Å². The Balaban J connectivity index is 1.45. The molecule has 1 aromatic carbocycles. The number of amides is 2. The molecule has 0 bridgehead atoms. The van der Waals surface area contributed by atoms with Crippen LogP contribution in [0.3, 0.4) is 0 Å². The van der Waals surface area contributed by atoms with E-state index in [1.54, 1.807) is 6.20 Å². The number of urea groups is 1. The number of anilines is 2. The Morgan fingerprint density at radius 2 is 2.07 bits per heavy atom. The molecule has 5 heteroatoms. The molecule has 0 spiro atoms. The van der Waals surface area contributed by atoms with E-state index in [-0.39, 0.29) is 6.03 Å². The summed E-state index contributed by atoms with van der Waals surface area (Å²) in [5.41, 5.74) is 4.19. The van der Waals surface area contributed by atoms with Crippen molar-refractivity contribution in [2.24, 2.45) is 0 Å². The van der Waals surface area contributed by atoms with Gasteiger partial charge in [0.1, 0.15) is 0 Å². The zero-order valence-electron chi connectivity index (χ0n) is 16.9. The number of hydrogen-bond donors (Lipinski definition) is 1. The van der Waals surface area contributed by atoms with Gasteiger partial charge in [0, 0.05) is 36.2 Å². The van der Waals surface area contributed by atoms with Crippen molar-refractivity contribution in [2.75, 3.05) is 16.8 Å². The molecule has 1 aliphatic carbocycles. The number of nitrogens with one attached hydrogen (secondary N) is 1. The molecule has 1 saturated carbocycles. The zero-order valence-corrected chi connectivity index (χ0v) is 16.9. The van der Waals surface area contributed by atoms with Crippen LogP contribution >= 0.6 is 0 Å². The summed E-state index contributed by atoms with van der Waals surface area (Å²) in [7, 11) is 0. The number of pyridine rings is 1. The van der Waals surface area contributed by atoms with Gasteiger partial charge in [-0.25, -0.2) is 4.79 Å². The molecule has 2 fully saturated rings. The number of rotatable bonds is 5. The van der Waals surface area contributed by atoms with Gasteiger partial charge in [0.25, 0.3) is 0 Å². The lowest BCUT2D eigenvalue weighted by Gasteiger charge is -2.35. The van der Waals surface area contributed by atoms with E-state index < -0.39 is 0 Å². The van der Waals surface area contributed by atoms with Crippen molar-refractivity contribution in [1.29, 1.82) is 0 Å². The van der Waals surface area contributed by atoms with Gasteiger partial charge in [0.05, 0.1) is 12.2 Å². The summed E-state index contributed by atoms with van der Waals surface area (Å²) >= 11 is 0. The van der Waals surface area contributed by atoms with Gasteiger partial charge in [0.15, 0.2) is 0 Å². The molecule has 5 nitrogen and oxygen atoms in total. The maximum atomic E-state index is 13.0. The van der Waals surface area contributed by atoms with Crippen LogP contribution < -0.4 is 10.2 Å². The Morgan fingerprint density at radius 1 is 1.21 bits per heavy atom. The highest BCUT2D eigenvalue weighted by Gasteiger charge is 2.33. The molecule has 1 atom stereocenters. The Morgan fingerprint density at radius 3 is 2.75 bits per heavy atom. The molecular weight excluding hydrogens is 348 g/mol. The van der Waals surface area contributed by atoms with Crippen molar-refractivity contribution in [3.8, 4) is 0 Å². The third kappa shape index (κ3) is 4.29. The summed E-state index contributed by atoms with van der Waals surface area (Å²) in [6.07, 6.45) is 7.75. The van der Waals surface area contributed by atoms with Crippen molar-refractivity contribution in [3.63, 3.8) is 0 Å². The van der Waals surface area contributed by atoms with E-state index >= 15 is 0 Å². The standard InChI is InChI=1S/C23H30N4O/c1-17-15-21(26-14-6-4-7-18(26)2)11-12-22(17)25-23(28)27(20-9-10-20)16-19-8-3-5-13-24-19/h3,5,8,11-13,15,18,20H,4,6-7,9-10,14,16H2,1-2H3,(H,25,28). The zero-order chi connectivity index (χ0) is 19.5. The third-order valence-electron chi connectivity index (χ3n) is 5.89. The lowest BCUT2D eigenvalue weighted by molar-refractivity contribution is 0.205. The summed E-state index contributed by atoms with van der Waals surface area (Å²) in [6.45, 7) is 6.05. The SMILES string of the molecule is Cc1cc(N2CCCCC2C)ccc1NC(=O)N(Cc1ccccn1)C1CC1. The van der Waals surface area contributed by atoms with Gasteiger partial charge in [-0.3, -0.25) is 4.98 Å². The van der Waals surface area contributed by atoms with Gasteiger partial charge in [-0.1, -0.05) is 6.07 Å². The average molecular weight is 379 g/mol. The van der Waals surface area contributed by atoms with Gasteiger partial charge >= 0.3 is 6.03 Å². The maximum Gasteiger partial charge on any atom is 0.322 e. The number of piperidine rings is 1. The molecule has 1 aliphatic heterocycles. The van der Waals surface area contributed by atoms with Crippen molar-refractivity contribution in [1.82, 2.24) is 9.88 Å². The Kier molecular flexibility index (Phi) is 5.51. The number of nitrogens with zero attached hydrogens (tertiary/aromatic N) is 3. The van der Waals surface area contributed by atoms with Gasteiger partial charge in [-0.05, 0) is 81.8 Å². The third-order valence-corrected chi connectivity index (χ3v) is 5.89. The summed E-state index contributed by atoms with van der Waals surface area (Å²) in [4.78, 5) is 21.7. The second kappa shape index (κ2) is 8.21. The Labute approximate surface area is 167 Å². The highest BCUT2D eigenvalue weighted by atomic mass is 16.2. The fourth-order valence-corrected chi connectivity index (χ4v) is 4.05. The summed E-state index contributed by atoms with van der Waals surface area (Å²) < 4.78 is 0. The van der Waals surface area contributed by atoms with Crippen molar-refractivity contribution < 1.29 is 4.79 Å². The van der Waals surface area contributed by atoms with Crippen LogP contribution in [0.2, 0.25) is 0 Å². The minimum Gasteiger partial charge on any atom is -0.369 e. The van der Waals surface area contributed by atoms with Crippen molar-refractivity contribution in [2.45, 2.75) is 64.6 Å². The molecule has 28 heavy (non-hydrogen) atoms. The van der Waals surface area contributed by atoms with Gasteiger partial charge in [-0.2, -0.15) is 0 Å². The van der Waals surface area contributed by atoms with Crippen LogP contribution in [-0.2, 0) is 6.54 Å². The Bertz CT molecular complexity index is 819. The first-order chi connectivity index (χ1) is 13.6. The van der Waals surface area contributed by atoms with Crippen LogP contribution in [0, 0.1) is 6.92 Å². The summed E-state index contributed by atoms with van der Waals surface area (Å²) in [5, 5.41) is 3.13. The molecule has 2 amide bonds. The van der Waals surface area contributed by atoms with E-state index in [1.165, 1.54) is 24.9 Å². The molecule has 1 saturated heterocycles. The van der Waals surface area contributed by atoms with Crippen LogP contribution in [0.15, 0.2) is 42.6 Å². The minimum absolute atomic E-state index is 0.0321. The fourth-order valence-electron chi connectivity index (χ4n) is 4.05. The number of carbonyl (C=O) groups is 1. The number of hydrogen-bond acceptors (Lipinski definition) is 3. The Hall–Kier alpha value is -2.56. The van der Waals surface area contributed by atoms with Crippen LogP contribution in [-0.4, -0.2) is 34.5 Å². The summed E-state index contributed by atoms with van der Waals surface area (Å²) in [6, 6.07) is 13.1. The molecule has 1 unspecified atom stereocenters. The first-order valence-corrected chi connectivity index (χ1v) is 10.5. The molecule has 4 rings (SSSR count). The fraction of sp³-hybridized carbons (Fsp3) is 0.478. The molecular formula is C23H30N4O.